The number of ether oxygens (including phenoxy) is 6. The molecule has 7 heteroatoms. The lowest BCUT2D eigenvalue weighted by molar-refractivity contribution is -0.447. The quantitative estimate of drug-likeness (QED) is 0.674. The van der Waals surface area contributed by atoms with Crippen LogP contribution >= 0.6 is 0 Å². The van der Waals surface area contributed by atoms with Crippen molar-refractivity contribution in [3.63, 3.8) is 0 Å². The van der Waals surface area contributed by atoms with Gasteiger partial charge in [0.05, 0.1) is 6.61 Å². The average molecular weight is 398 g/mol. The zero-order chi connectivity index (χ0) is 19.6. The summed E-state index contributed by atoms with van der Waals surface area (Å²) in [6.07, 6.45) is 8.90. The Morgan fingerprint density at radius 2 is 1.25 bits per heavy atom. The Kier molecular flexibility index (Phi) is 6.28. The number of carbonyl (C=O) groups excluding carboxylic acids is 1. The molecule has 4 fully saturated rings. The number of hydrogen-bond donors (Lipinski definition) is 0. The summed E-state index contributed by atoms with van der Waals surface area (Å²) in [6, 6.07) is 0. The second-order valence-corrected chi connectivity index (χ2v) is 8.68. The van der Waals surface area contributed by atoms with Gasteiger partial charge < -0.3 is 28.4 Å². The third kappa shape index (κ3) is 4.24. The molecule has 0 aromatic carbocycles. The van der Waals surface area contributed by atoms with Crippen molar-refractivity contribution in [3.8, 4) is 0 Å². The van der Waals surface area contributed by atoms with Gasteiger partial charge in [-0.1, -0.05) is 12.8 Å². The maximum atomic E-state index is 11.5. The fourth-order valence-electron chi connectivity index (χ4n) is 5.22. The summed E-state index contributed by atoms with van der Waals surface area (Å²) in [5.41, 5.74) is 0. The van der Waals surface area contributed by atoms with Crippen molar-refractivity contribution in [1.29, 1.82) is 0 Å². The molecule has 2 heterocycles. The van der Waals surface area contributed by atoms with Gasteiger partial charge in [0, 0.05) is 39.7 Å². The van der Waals surface area contributed by atoms with Crippen LogP contribution in [0.25, 0.3) is 0 Å². The molecule has 0 radical (unpaired) electrons. The van der Waals surface area contributed by atoms with Crippen LogP contribution in [0.15, 0.2) is 0 Å². The van der Waals surface area contributed by atoms with Gasteiger partial charge >= 0.3 is 5.97 Å². The number of esters is 1. The zero-order valence-corrected chi connectivity index (χ0v) is 17.2. The van der Waals surface area contributed by atoms with Crippen molar-refractivity contribution < 1.29 is 33.2 Å². The Morgan fingerprint density at radius 1 is 0.786 bits per heavy atom. The van der Waals surface area contributed by atoms with E-state index < -0.39 is 11.6 Å². The second-order valence-electron chi connectivity index (χ2n) is 8.68. The van der Waals surface area contributed by atoms with Crippen molar-refractivity contribution in [1.82, 2.24) is 0 Å². The van der Waals surface area contributed by atoms with E-state index in [1.165, 1.54) is 19.8 Å². The molecule has 160 valence electrons. The number of carbonyl (C=O) groups is 1. The van der Waals surface area contributed by atoms with Crippen molar-refractivity contribution in [3.05, 3.63) is 0 Å². The molecule has 2 saturated heterocycles. The minimum absolute atomic E-state index is 0.178. The Balaban J connectivity index is 1.60. The van der Waals surface area contributed by atoms with Gasteiger partial charge in [-0.05, 0) is 25.7 Å². The monoisotopic (exact) mass is 398 g/mol. The fourth-order valence-corrected chi connectivity index (χ4v) is 5.22. The van der Waals surface area contributed by atoms with E-state index in [9.17, 15) is 4.79 Å². The molecule has 4 unspecified atom stereocenters. The van der Waals surface area contributed by atoms with Gasteiger partial charge in [-0.3, -0.25) is 4.79 Å². The Hall–Kier alpha value is -0.730. The van der Waals surface area contributed by atoms with Gasteiger partial charge in [-0.2, -0.15) is 0 Å². The summed E-state index contributed by atoms with van der Waals surface area (Å²) in [5.74, 6) is -1.56. The lowest BCUT2D eigenvalue weighted by Gasteiger charge is -2.57. The number of fused-ring (bicyclic) bond motifs is 1. The smallest absolute Gasteiger partial charge is 0.302 e. The molecule has 2 spiro atoms. The number of methoxy groups -OCH3 is 1. The van der Waals surface area contributed by atoms with Crippen LogP contribution in [-0.4, -0.2) is 62.3 Å². The van der Waals surface area contributed by atoms with Crippen molar-refractivity contribution in [2.75, 3.05) is 20.3 Å². The van der Waals surface area contributed by atoms with E-state index in [0.29, 0.717) is 6.61 Å². The van der Waals surface area contributed by atoms with Gasteiger partial charge in [-0.25, -0.2) is 0 Å². The maximum Gasteiger partial charge on any atom is 0.302 e. The Labute approximate surface area is 167 Å². The highest BCUT2D eigenvalue weighted by molar-refractivity contribution is 5.65. The number of hydrogen-bond acceptors (Lipinski definition) is 7. The van der Waals surface area contributed by atoms with Crippen LogP contribution in [0.2, 0.25) is 0 Å². The van der Waals surface area contributed by atoms with Gasteiger partial charge in [0.2, 0.25) is 0 Å². The average Bonchev–Trinajstić information content (AvgIpc) is 2.68. The van der Waals surface area contributed by atoms with E-state index in [1.807, 2.05) is 0 Å². The molecule has 0 bridgehead atoms. The minimum Gasteiger partial charge on any atom is -0.463 e. The van der Waals surface area contributed by atoms with Gasteiger partial charge in [0.25, 0.3) is 0 Å². The molecule has 2 aliphatic carbocycles. The van der Waals surface area contributed by atoms with Gasteiger partial charge in [0.15, 0.2) is 11.6 Å². The first kappa shape index (κ1) is 20.5. The molecule has 0 aromatic rings. The largest absolute Gasteiger partial charge is 0.463 e. The maximum absolute atomic E-state index is 11.5. The van der Waals surface area contributed by atoms with Crippen LogP contribution in [0, 0.1) is 0 Å². The molecule has 4 aliphatic rings. The van der Waals surface area contributed by atoms with Crippen LogP contribution in [0.4, 0.5) is 0 Å². The van der Waals surface area contributed by atoms with Crippen molar-refractivity contribution in [2.45, 2.75) is 107 Å². The molecular weight excluding hydrogens is 364 g/mol. The predicted molar refractivity (Wildman–Crippen MR) is 99.6 cm³/mol. The highest BCUT2D eigenvalue weighted by Crippen LogP contribution is 2.47. The van der Waals surface area contributed by atoms with Crippen molar-refractivity contribution >= 4 is 5.97 Å². The first-order valence-corrected chi connectivity index (χ1v) is 10.9. The topological polar surface area (TPSA) is 72.5 Å². The zero-order valence-electron chi connectivity index (χ0n) is 17.2. The Morgan fingerprint density at radius 3 is 1.68 bits per heavy atom. The normalized spacial score (nSPS) is 36.8. The SMILES string of the molecule is COCC1OC2(CCCCC2)OC2C(COC(C)=O)OC3(CCCCC3)OC12. The predicted octanol–water partition coefficient (Wildman–Crippen LogP) is 3.08. The number of rotatable bonds is 4. The highest BCUT2D eigenvalue weighted by Gasteiger charge is 2.58. The van der Waals surface area contributed by atoms with Crippen LogP contribution in [0.1, 0.15) is 71.1 Å². The first-order valence-electron chi connectivity index (χ1n) is 10.9. The van der Waals surface area contributed by atoms with E-state index in [2.05, 4.69) is 0 Å². The molecule has 0 aromatic heterocycles. The molecule has 4 atom stereocenters. The molecule has 28 heavy (non-hydrogen) atoms. The molecule has 4 rings (SSSR count). The summed E-state index contributed by atoms with van der Waals surface area (Å²) < 4.78 is 36.9. The van der Waals surface area contributed by atoms with E-state index in [-0.39, 0.29) is 37.0 Å². The molecule has 2 aliphatic heterocycles. The van der Waals surface area contributed by atoms with Gasteiger partial charge in [0.1, 0.15) is 31.0 Å². The fraction of sp³-hybridized carbons (Fsp3) is 0.952. The van der Waals surface area contributed by atoms with E-state index >= 15 is 0 Å². The second kappa shape index (κ2) is 8.56. The van der Waals surface area contributed by atoms with Crippen LogP contribution in [0.5, 0.6) is 0 Å². The van der Waals surface area contributed by atoms with E-state index in [0.717, 1.165) is 51.4 Å². The summed E-state index contributed by atoms with van der Waals surface area (Å²) >= 11 is 0. The van der Waals surface area contributed by atoms with Gasteiger partial charge in [-0.15, -0.1) is 0 Å². The summed E-state index contributed by atoms with van der Waals surface area (Å²) in [7, 11) is 1.69. The van der Waals surface area contributed by atoms with Crippen LogP contribution in [0.3, 0.4) is 0 Å². The Bertz CT molecular complexity index is 539. The molecule has 2 saturated carbocycles. The third-order valence-corrected chi connectivity index (χ3v) is 6.50. The molecule has 0 amide bonds. The highest BCUT2D eigenvalue weighted by atomic mass is 16.8. The third-order valence-electron chi connectivity index (χ3n) is 6.50. The van der Waals surface area contributed by atoms with E-state index in [4.69, 9.17) is 28.4 Å². The lowest BCUT2D eigenvalue weighted by atomic mass is 9.88. The van der Waals surface area contributed by atoms with E-state index in [1.54, 1.807) is 7.11 Å². The van der Waals surface area contributed by atoms with Crippen LogP contribution in [-0.2, 0) is 33.2 Å². The molecular formula is C21H34O7. The molecule has 7 nitrogen and oxygen atoms in total. The lowest BCUT2D eigenvalue weighted by Crippen LogP contribution is -2.69. The summed E-state index contributed by atoms with van der Waals surface area (Å²) in [4.78, 5) is 11.5. The van der Waals surface area contributed by atoms with Crippen molar-refractivity contribution in [2.24, 2.45) is 0 Å². The summed E-state index contributed by atoms with van der Waals surface area (Å²) in [5, 5.41) is 0. The molecule has 0 N–H and O–H groups in total. The standard InChI is InChI=1S/C21H34O7/c1-15(22)24-14-17-19-18(27-21(26-17)11-7-4-8-12-21)16(13-23-2)25-20(28-19)9-5-3-6-10-20/h16-19H,3-14H2,1-2H3. The van der Waals surface area contributed by atoms with Crippen LogP contribution < -0.4 is 0 Å². The minimum atomic E-state index is -0.639. The first-order chi connectivity index (χ1) is 13.5. The summed E-state index contributed by atoms with van der Waals surface area (Å²) in [6.45, 7) is 2.05.